The van der Waals surface area contributed by atoms with E-state index in [1.165, 1.54) is 6.07 Å². The van der Waals surface area contributed by atoms with Gasteiger partial charge < -0.3 is 15.5 Å². The van der Waals surface area contributed by atoms with Crippen LogP contribution in [0.4, 0.5) is 10.1 Å². The predicted molar refractivity (Wildman–Crippen MR) is 69.2 cm³/mol. The van der Waals surface area contributed by atoms with E-state index in [1.54, 1.807) is 12.1 Å². The van der Waals surface area contributed by atoms with Crippen molar-refractivity contribution >= 4 is 11.6 Å². The zero-order valence-electron chi connectivity index (χ0n) is 10.7. The summed E-state index contributed by atoms with van der Waals surface area (Å²) in [7, 11) is 4.06. The number of nitrogens with zero attached hydrogens (tertiary/aromatic N) is 2. The van der Waals surface area contributed by atoms with Crippen LogP contribution >= 0.6 is 0 Å². The number of benzene rings is 1. The Morgan fingerprint density at radius 2 is 2.22 bits per heavy atom. The first kappa shape index (κ1) is 12.8. The van der Waals surface area contributed by atoms with Crippen molar-refractivity contribution in [1.82, 2.24) is 4.90 Å². The highest BCUT2D eigenvalue weighted by atomic mass is 19.1. The van der Waals surface area contributed by atoms with Gasteiger partial charge in [-0.2, -0.15) is 0 Å². The summed E-state index contributed by atoms with van der Waals surface area (Å²) in [6.45, 7) is 1.63. The van der Waals surface area contributed by atoms with Gasteiger partial charge in [-0.25, -0.2) is 4.39 Å². The molecule has 2 rings (SSSR count). The lowest BCUT2D eigenvalue weighted by Gasteiger charge is -2.22. The molecular weight excluding hydrogens is 233 g/mol. The van der Waals surface area contributed by atoms with E-state index in [-0.39, 0.29) is 11.4 Å². The van der Waals surface area contributed by atoms with Crippen LogP contribution in [0, 0.1) is 5.82 Å². The lowest BCUT2D eigenvalue weighted by atomic mass is 10.2. The van der Waals surface area contributed by atoms with Gasteiger partial charge in [0.2, 0.25) is 5.91 Å². The van der Waals surface area contributed by atoms with Gasteiger partial charge in [0, 0.05) is 24.7 Å². The number of hydrogen-bond acceptors (Lipinski definition) is 3. The molecule has 1 amide bonds. The molecule has 98 valence electrons. The SMILES string of the molecule is CN(C)C1CCN(c2ccc(C(N)=O)cc2F)C1. The van der Waals surface area contributed by atoms with Crippen molar-refractivity contribution in [1.29, 1.82) is 0 Å². The van der Waals surface area contributed by atoms with Crippen molar-refractivity contribution in [2.24, 2.45) is 5.73 Å². The van der Waals surface area contributed by atoms with Gasteiger partial charge >= 0.3 is 0 Å². The first-order chi connectivity index (χ1) is 8.49. The van der Waals surface area contributed by atoms with Crippen LogP contribution in [0.2, 0.25) is 0 Å². The van der Waals surface area contributed by atoms with Gasteiger partial charge in [0.15, 0.2) is 0 Å². The maximum Gasteiger partial charge on any atom is 0.248 e. The van der Waals surface area contributed by atoms with E-state index < -0.39 is 5.91 Å². The highest BCUT2D eigenvalue weighted by Gasteiger charge is 2.25. The number of halogens is 1. The predicted octanol–water partition coefficient (Wildman–Crippen LogP) is 1.06. The number of primary amides is 1. The maximum absolute atomic E-state index is 13.9. The fourth-order valence-corrected chi connectivity index (χ4v) is 2.30. The highest BCUT2D eigenvalue weighted by Crippen LogP contribution is 2.25. The Morgan fingerprint density at radius 3 is 2.72 bits per heavy atom. The Hall–Kier alpha value is -1.62. The Bertz CT molecular complexity index is 462. The fraction of sp³-hybridized carbons (Fsp3) is 0.462. The molecule has 1 aromatic rings. The number of likely N-dealkylation sites (N-methyl/N-ethyl adjacent to an activating group) is 1. The van der Waals surface area contributed by atoms with Gasteiger partial charge in [0.25, 0.3) is 0 Å². The molecule has 18 heavy (non-hydrogen) atoms. The summed E-state index contributed by atoms with van der Waals surface area (Å²) >= 11 is 0. The van der Waals surface area contributed by atoms with Crippen LogP contribution in [-0.4, -0.2) is 44.0 Å². The van der Waals surface area contributed by atoms with Crippen molar-refractivity contribution in [2.75, 3.05) is 32.1 Å². The monoisotopic (exact) mass is 251 g/mol. The molecule has 0 saturated carbocycles. The molecular formula is C13H18FN3O. The van der Waals surface area contributed by atoms with Gasteiger partial charge in [-0.1, -0.05) is 0 Å². The van der Waals surface area contributed by atoms with E-state index in [0.29, 0.717) is 11.7 Å². The first-order valence-electron chi connectivity index (χ1n) is 6.00. The second-order valence-corrected chi connectivity index (χ2v) is 4.88. The average Bonchev–Trinajstić information content (AvgIpc) is 2.78. The second-order valence-electron chi connectivity index (χ2n) is 4.88. The van der Waals surface area contributed by atoms with Crippen LogP contribution < -0.4 is 10.6 Å². The van der Waals surface area contributed by atoms with Crippen molar-refractivity contribution in [3.8, 4) is 0 Å². The maximum atomic E-state index is 13.9. The van der Waals surface area contributed by atoms with E-state index in [0.717, 1.165) is 19.5 Å². The van der Waals surface area contributed by atoms with Crippen LogP contribution in [0.5, 0.6) is 0 Å². The quantitative estimate of drug-likeness (QED) is 0.874. The number of nitrogens with two attached hydrogens (primary N) is 1. The number of anilines is 1. The summed E-state index contributed by atoms with van der Waals surface area (Å²) in [5, 5.41) is 0. The molecule has 0 radical (unpaired) electrons. The third kappa shape index (κ3) is 2.46. The molecule has 1 fully saturated rings. The van der Waals surface area contributed by atoms with Crippen LogP contribution in [-0.2, 0) is 0 Å². The molecule has 1 saturated heterocycles. The molecule has 0 aliphatic carbocycles. The zero-order chi connectivity index (χ0) is 13.3. The largest absolute Gasteiger partial charge is 0.368 e. The Morgan fingerprint density at radius 1 is 1.50 bits per heavy atom. The molecule has 1 aromatic carbocycles. The molecule has 1 aliphatic heterocycles. The summed E-state index contributed by atoms with van der Waals surface area (Å²) in [6.07, 6.45) is 1.02. The summed E-state index contributed by atoms with van der Waals surface area (Å²) < 4.78 is 13.9. The van der Waals surface area contributed by atoms with Crippen LogP contribution in [0.3, 0.4) is 0 Å². The first-order valence-corrected chi connectivity index (χ1v) is 6.00. The van der Waals surface area contributed by atoms with Gasteiger partial charge in [-0.15, -0.1) is 0 Å². The molecule has 1 unspecified atom stereocenters. The lowest BCUT2D eigenvalue weighted by Crippen LogP contribution is -2.31. The van der Waals surface area contributed by atoms with E-state index >= 15 is 0 Å². The molecule has 5 heteroatoms. The highest BCUT2D eigenvalue weighted by molar-refractivity contribution is 5.93. The lowest BCUT2D eigenvalue weighted by molar-refractivity contribution is 0.1000. The number of rotatable bonds is 3. The molecule has 2 N–H and O–H groups in total. The summed E-state index contributed by atoms with van der Waals surface area (Å²) in [6, 6.07) is 4.86. The molecule has 4 nitrogen and oxygen atoms in total. The van der Waals surface area contributed by atoms with Gasteiger partial charge in [0.1, 0.15) is 5.82 Å². The van der Waals surface area contributed by atoms with Gasteiger partial charge in [0.05, 0.1) is 5.69 Å². The topological polar surface area (TPSA) is 49.6 Å². The minimum Gasteiger partial charge on any atom is -0.368 e. The fourth-order valence-electron chi connectivity index (χ4n) is 2.30. The molecule has 1 atom stereocenters. The average molecular weight is 251 g/mol. The summed E-state index contributed by atoms with van der Waals surface area (Å²) in [4.78, 5) is 15.1. The van der Waals surface area contributed by atoms with Crippen molar-refractivity contribution in [2.45, 2.75) is 12.5 Å². The number of carbonyl (C=O) groups excluding carboxylic acids is 1. The molecule has 0 bridgehead atoms. The van der Waals surface area contributed by atoms with Gasteiger partial charge in [-0.05, 0) is 38.7 Å². The van der Waals surface area contributed by atoms with E-state index in [4.69, 9.17) is 5.73 Å². The minimum absolute atomic E-state index is 0.208. The Kier molecular flexibility index (Phi) is 3.52. The molecule has 1 aliphatic rings. The standard InChI is InChI=1S/C13H18FN3O/c1-16(2)10-5-6-17(8-10)12-4-3-9(13(15)18)7-11(12)14/h3-4,7,10H,5-6,8H2,1-2H3,(H2,15,18). The third-order valence-corrected chi connectivity index (χ3v) is 3.47. The molecule has 0 spiro atoms. The summed E-state index contributed by atoms with van der Waals surface area (Å²) in [5.74, 6) is -0.987. The van der Waals surface area contributed by atoms with E-state index in [2.05, 4.69) is 4.90 Å². The van der Waals surface area contributed by atoms with E-state index in [1.807, 2.05) is 19.0 Å². The van der Waals surface area contributed by atoms with Crippen LogP contribution in [0.25, 0.3) is 0 Å². The van der Waals surface area contributed by atoms with Crippen LogP contribution in [0.1, 0.15) is 16.8 Å². The summed E-state index contributed by atoms with van der Waals surface area (Å²) in [5.41, 5.74) is 5.88. The van der Waals surface area contributed by atoms with Crippen LogP contribution in [0.15, 0.2) is 18.2 Å². The molecule has 0 aromatic heterocycles. The number of carbonyl (C=O) groups is 1. The van der Waals surface area contributed by atoms with E-state index in [9.17, 15) is 9.18 Å². The Labute approximate surface area is 106 Å². The molecule has 1 heterocycles. The smallest absolute Gasteiger partial charge is 0.248 e. The van der Waals surface area contributed by atoms with Crippen molar-refractivity contribution in [3.63, 3.8) is 0 Å². The normalized spacial score (nSPS) is 19.6. The minimum atomic E-state index is -0.604. The van der Waals surface area contributed by atoms with Crippen molar-refractivity contribution < 1.29 is 9.18 Å². The van der Waals surface area contributed by atoms with Crippen molar-refractivity contribution in [3.05, 3.63) is 29.6 Å². The number of amides is 1. The number of hydrogen-bond donors (Lipinski definition) is 1. The third-order valence-electron chi connectivity index (χ3n) is 3.47. The van der Waals surface area contributed by atoms with Gasteiger partial charge in [-0.3, -0.25) is 4.79 Å². The second kappa shape index (κ2) is 4.94. The Balaban J connectivity index is 2.18. The zero-order valence-corrected chi connectivity index (χ0v) is 10.7.